The summed E-state index contributed by atoms with van der Waals surface area (Å²) in [5, 5.41) is 9.83. The van der Waals surface area contributed by atoms with Gasteiger partial charge in [0.25, 0.3) is 0 Å². The molecule has 1 aliphatic heterocycles. The molecule has 1 atom stereocenters. The largest absolute Gasteiger partial charge is 0.481 e. The summed E-state index contributed by atoms with van der Waals surface area (Å²) in [6.07, 6.45) is 0.237. The lowest BCUT2D eigenvalue weighted by molar-refractivity contribution is -0.134. The predicted molar refractivity (Wildman–Crippen MR) is 92.1 cm³/mol. The van der Waals surface area contributed by atoms with E-state index < -0.39 is 17.7 Å². The molecule has 0 fully saturated rings. The Morgan fingerprint density at radius 2 is 1.92 bits per heavy atom. The maximum atomic E-state index is 14.4. The number of hydrogen-bond acceptors (Lipinski definition) is 2. The van der Waals surface area contributed by atoms with Gasteiger partial charge in [-0.15, -0.1) is 0 Å². The Kier molecular flexibility index (Phi) is 4.10. The number of carboxylic acid groups (broad SMARTS) is 1. The Hall–Kier alpha value is -2.33. The molecule has 0 amide bonds. The first kappa shape index (κ1) is 16.5. The second kappa shape index (κ2) is 5.95. The van der Waals surface area contributed by atoms with Gasteiger partial charge in [-0.2, -0.15) is 0 Å². The maximum absolute atomic E-state index is 14.4. The van der Waals surface area contributed by atoms with Gasteiger partial charge in [-0.1, -0.05) is 41.9 Å². The number of carboxylic acids is 1. The Morgan fingerprint density at radius 1 is 1.25 bits per heavy atom. The molecule has 1 unspecified atom stereocenters. The van der Waals surface area contributed by atoms with E-state index in [1.165, 1.54) is 19.9 Å². The van der Waals surface area contributed by atoms with E-state index >= 15 is 0 Å². The van der Waals surface area contributed by atoms with Crippen LogP contribution >= 0.6 is 11.6 Å². The van der Waals surface area contributed by atoms with Crippen LogP contribution in [0.1, 0.15) is 19.4 Å². The predicted octanol–water partition coefficient (Wildman–Crippen LogP) is 4.98. The molecular formula is C19H16ClFO3. The molecular weight excluding hydrogens is 331 g/mol. The van der Waals surface area contributed by atoms with Crippen LogP contribution in [-0.2, 0) is 4.79 Å². The second-order valence-electron chi connectivity index (χ2n) is 6.20. The number of hydrogen-bond donors (Lipinski definition) is 1. The Bertz CT molecular complexity index is 822. The highest BCUT2D eigenvalue weighted by Gasteiger charge is 2.40. The van der Waals surface area contributed by atoms with Crippen LogP contribution < -0.4 is 4.74 Å². The van der Waals surface area contributed by atoms with Gasteiger partial charge in [-0.05, 0) is 37.6 Å². The van der Waals surface area contributed by atoms with Crippen molar-refractivity contribution in [2.24, 2.45) is 0 Å². The van der Waals surface area contributed by atoms with E-state index in [0.29, 0.717) is 16.3 Å². The fraction of sp³-hybridized carbons (Fsp3) is 0.211. The van der Waals surface area contributed by atoms with E-state index in [-0.39, 0.29) is 5.57 Å². The Labute approximate surface area is 144 Å². The summed E-state index contributed by atoms with van der Waals surface area (Å²) in [6.45, 7) is 2.60. The number of alkyl halides is 1. The summed E-state index contributed by atoms with van der Waals surface area (Å²) in [6, 6.07) is 12.9. The van der Waals surface area contributed by atoms with E-state index in [0.717, 1.165) is 11.1 Å². The van der Waals surface area contributed by atoms with Gasteiger partial charge in [-0.3, -0.25) is 0 Å². The zero-order valence-corrected chi connectivity index (χ0v) is 14.0. The van der Waals surface area contributed by atoms with E-state index in [4.69, 9.17) is 16.3 Å². The van der Waals surface area contributed by atoms with Crippen LogP contribution in [0.5, 0.6) is 5.75 Å². The number of ether oxygens (including phenoxy) is 1. The number of benzene rings is 2. The second-order valence-corrected chi connectivity index (χ2v) is 6.61. The molecule has 1 heterocycles. The van der Waals surface area contributed by atoms with E-state index in [2.05, 4.69) is 0 Å². The van der Waals surface area contributed by atoms with Gasteiger partial charge in [0.15, 0.2) is 6.10 Å². The van der Waals surface area contributed by atoms with Crippen LogP contribution in [0.3, 0.4) is 0 Å². The Morgan fingerprint density at radius 3 is 2.50 bits per heavy atom. The number of fused-ring (bicyclic) bond motifs is 1. The minimum absolute atomic E-state index is 0.126. The minimum atomic E-state index is -1.84. The smallest absolute Gasteiger partial charge is 0.335 e. The van der Waals surface area contributed by atoms with Gasteiger partial charge in [0.1, 0.15) is 11.4 Å². The summed E-state index contributed by atoms with van der Waals surface area (Å²) in [5.74, 6) is -0.793. The van der Waals surface area contributed by atoms with Crippen LogP contribution in [0.25, 0.3) is 17.2 Å². The summed E-state index contributed by atoms with van der Waals surface area (Å²) in [4.78, 5) is 11.4. The first-order valence-electron chi connectivity index (χ1n) is 7.47. The molecule has 124 valence electrons. The average Bonchev–Trinajstić information content (AvgIpc) is 2.53. The third-order valence-electron chi connectivity index (χ3n) is 3.89. The lowest BCUT2D eigenvalue weighted by Crippen LogP contribution is -2.42. The monoisotopic (exact) mass is 346 g/mol. The van der Waals surface area contributed by atoms with Gasteiger partial charge < -0.3 is 9.84 Å². The lowest BCUT2D eigenvalue weighted by Gasteiger charge is -2.32. The summed E-state index contributed by atoms with van der Waals surface area (Å²) < 4.78 is 20.1. The van der Waals surface area contributed by atoms with Crippen LogP contribution in [0.15, 0.2) is 48.0 Å². The van der Waals surface area contributed by atoms with Gasteiger partial charge in [0.2, 0.25) is 0 Å². The van der Waals surface area contributed by atoms with Gasteiger partial charge in [0, 0.05) is 16.1 Å². The van der Waals surface area contributed by atoms with Gasteiger partial charge >= 0.3 is 5.97 Å². The highest BCUT2D eigenvalue weighted by molar-refractivity contribution is 6.33. The van der Waals surface area contributed by atoms with Gasteiger partial charge in [0.05, 0.1) is 5.57 Å². The average molecular weight is 347 g/mol. The zero-order valence-electron chi connectivity index (χ0n) is 13.2. The third-order valence-corrected chi connectivity index (χ3v) is 4.21. The van der Waals surface area contributed by atoms with Crippen molar-refractivity contribution in [3.63, 3.8) is 0 Å². The van der Waals surface area contributed by atoms with Crippen molar-refractivity contribution in [1.29, 1.82) is 0 Å². The van der Waals surface area contributed by atoms with E-state index in [1.807, 2.05) is 30.3 Å². The standard InChI is InChI=1S/C19H16ClFO3/c1-19(2,21)17-14(18(22)23)8-12-9-15(20)13(10-16(12)24-17)11-6-4-3-5-7-11/h3-10,17H,1-2H3,(H,22,23). The van der Waals surface area contributed by atoms with Crippen molar-refractivity contribution in [3.8, 4) is 16.9 Å². The molecule has 0 spiro atoms. The molecule has 3 rings (SSSR count). The third kappa shape index (κ3) is 3.02. The quantitative estimate of drug-likeness (QED) is 0.852. The maximum Gasteiger partial charge on any atom is 0.335 e. The van der Waals surface area contributed by atoms with Crippen LogP contribution in [0.4, 0.5) is 4.39 Å². The number of aliphatic carboxylic acids is 1. The first-order chi connectivity index (χ1) is 11.3. The number of halogens is 2. The molecule has 1 aliphatic rings. The molecule has 1 N–H and O–H groups in total. The fourth-order valence-corrected chi connectivity index (χ4v) is 3.02. The SMILES string of the molecule is CC(C)(F)C1Oc2cc(-c3ccccc3)c(Cl)cc2C=C1C(=O)O. The van der Waals surface area contributed by atoms with Crippen LogP contribution in [-0.4, -0.2) is 22.8 Å². The van der Waals surface area contributed by atoms with Crippen LogP contribution in [0, 0.1) is 0 Å². The highest BCUT2D eigenvalue weighted by Crippen LogP contribution is 2.40. The molecule has 0 saturated heterocycles. The molecule has 0 radical (unpaired) electrons. The van der Waals surface area contributed by atoms with E-state index in [1.54, 1.807) is 12.1 Å². The van der Waals surface area contributed by atoms with Crippen molar-refractivity contribution in [2.45, 2.75) is 25.6 Å². The molecule has 24 heavy (non-hydrogen) atoms. The topological polar surface area (TPSA) is 46.5 Å². The van der Waals surface area contributed by atoms with Crippen molar-refractivity contribution in [2.75, 3.05) is 0 Å². The van der Waals surface area contributed by atoms with E-state index in [9.17, 15) is 14.3 Å². The normalized spacial score (nSPS) is 16.8. The van der Waals surface area contributed by atoms with Crippen molar-refractivity contribution < 1.29 is 19.0 Å². The highest BCUT2D eigenvalue weighted by atomic mass is 35.5. The molecule has 2 aromatic rings. The molecule has 0 aromatic heterocycles. The zero-order chi connectivity index (χ0) is 17.5. The molecule has 3 nitrogen and oxygen atoms in total. The summed E-state index contributed by atoms with van der Waals surface area (Å²) >= 11 is 6.34. The van der Waals surface area contributed by atoms with Gasteiger partial charge in [-0.25, -0.2) is 9.18 Å². The molecule has 0 aliphatic carbocycles. The number of carbonyl (C=O) groups is 1. The molecule has 0 bridgehead atoms. The minimum Gasteiger partial charge on any atom is -0.481 e. The molecule has 5 heteroatoms. The van der Waals surface area contributed by atoms with Crippen molar-refractivity contribution in [3.05, 3.63) is 58.6 Å². The number of rotatable bonds is 3. The van der Waals surface area contributed by atoms with Crippen molar-refractivity contribution >= 4 is 23.6 Å². The lowest BCUT2D eigenvalue weighted by atomic mass is 9.91. The Balaban J connectivity index is 2.14. The molecule has 2 aromatic carbocycles. The van der Waals surface area contributed by atoms with Crippen LogP contribution in [0.2, 0.25) is 5.02 Å². The summed E-state index contributed by atoms with van der Waals surface area (Å²) in [7, 11) is 0. The first-order valence-corrected chi connectivity index (χ1v) is 7.84. The molecule has 0 saturated carbocycles. The van der Waals surface area contributed by atoms with Crippen molar-refractivity contribution in [1.82, 2.24) is 0 Å². The fourth-order valence-electron chi connectivity index (χ4n) is 2.74. The summed E-state index contributed by atoms with van der Waals surface area (Å²) in [5.41, 5.74) is 0.210.